The minimum absolute atomic E-state index is 0.0578. The number of nitrogens with zero attached hydrogens (tertiary/aromatic N) is 1. The Kier molecular flexibility index (Phi) is 5.24. The van der Waals surface area contributed by atoms with Crippen molar-refractivity contribution in [1.82, 2.24) is 10.3 Å². The Morgan fingerprint density at radius 2 is 1.86 bits per heavy atom. The van der Waals surface area contributed by atoms with Crippen LogP contribution in [0.5, 0.6) is 11.5 Å². The molecule has 0 spiro atoms. The summed E-state index contributed by atoms with van der Waals surface area (Å²) < 4.78 is 29.7. The number of anilines is 1. The van der Waals surface area contributed by atoms with Crippen LogP contribution in [0.25, 0.3) is 11.1 Å². The number of hydrogen-bond donors (Lipinski definition) is 2. The van der Waals surface area contributed by atoms with Crippen LogP contribution >= 0.6 is 0 Å². The molecule has 3 aromatic rings. The highest BCUT2D eigenvalue weighted by atomic mass is 19.1. The summed E-state index contributed by atoms with van der Waals surface area (Å²) in [4.78, 5) is 17.2. The largest absolute Gasteiger partial charge is 0.496 e. The molecule has 1 heterocycles. The second kappa shape index (κ2) is 7.98. The molecular formula is C21H22FN3O4. The van der Waals surface area contributed by atoms with E-state index in [4.69, 9.17) is 13.9 Å². The minimum atomic E-state index is -0.367. The summed E-state index contributed by atoms with van der Waals surface area (Å²) in [6.45, 7) is 0. The van der Waals surface area contributed by atoms with E-state index < -0.39 is 0 Å². The van der Waals surface area contributed by atoms with E-state index in [-0.39, 0.29) is 23.8 Å². The first kappa shape index (κ1) is 19.0. The average Bonchev–Trinajstić information content (AvgIpc) is 3.33. The standard InChI is InChI=1S/C21H22FN3O4/c1-27-17-7-4-8-18(28-2)19(17)20(26)23-13-5-3-6-14(13)24-21-25-15-11-12(22)9-10-16(15)29-21/h4,7-11,13-14H,3,5-6H2,1-2H3,(H,23,26)(H,24,25)/t13-,14+/m1/s1. The van der Waals surface area contributed by atoms with Gasteiger partial charge in [0, 0.05) is 12.1 Å². The first-order valence-corrected chi connectivity index (χ1v) is 9.43. The zero-order valence-electron chi connectivity index (χ0n) is 16.2. The summed E-state index contributed by atoms with van der Waals surface area (Å²) in [6.07, 6.45) is 2.61. The molecule has 1 aromatic heterocycles. The number of halogens is 1. The molecule has 8 heteroatoms. The molecule has 1 aliphatic carbocycles. The number of carbonyl (C=O) groups is 1. The number of rotatable bonds is 6. The maximum absolute atomic E-state index is 13.4. The third kappa shape index (κ3) is 3.83. The Morgan fingerprint density at radius 1 is 1.14 bits per heavy atom. The number of ether oxygens (including phenoxy) is 2. The van der Waals surface area contributed by atoms with E-state index in [1.165, 1.54) is 26.4 Å². The van der Waals surface area contributed by atoms with Crippen molar-refractivity contribution in [3.8, 4) is 11.5 Å². The summed E-state index contributed by atoms with van der Waals surface area (Å²) in [5.74, 6) is 0.266. The Bertz CT molecular complexity index is 1010. The molecule has 0 bridgehead atoms. The molecule has 0 aliphatic heterocycles. The van der Waals surface area contributed by atoms with E-state index in [1.54, 1.807) is 24.3 Å². The van der Waals surface area contributed by atoms with Gasteiger partial charge in [-0.05, 0) is 43.5 Å². The zero-order chi connectivity index (χ0) is 20.4. The number of fused-ring (bicyclic) bond motifs is 1. The van der Waals surface area contributed by atoms with Gasteiger partial charge in [-0.1, -0.05) is 6.07 Å². The summed E-state index contributed by atoms with van der Waals surface area (Å²) >= 11 is 0. The summed E-state index contributed by atoms with van der Waals surface area (Å²) in [6, 6.07) is 9.55. The van der Waals surface area contributed by atoms with Crippen LogP contribution in [0.3, 0.4) is 0 Å². The van der Waals surface area contributed by atoms with E-state index in [9.17, 15) is 9.18 Å². The lowest BCUT2D eigenvalue weighted by atomic mass is 10.1. The Morgan fingerprint density at radius 3 is 2.59 bits per heavy atom. The molecular weight excluding hydrogens is 377 g/mol. The van der Waals surface area contributed by atoms with Gasteiger partial charge in [0.2, 0.25) is 0 Å². The molecule has 29 heavy (non-hydrogen) atoms. The molecule has 1 aliphatic rings. The molecule has 2 N–H and O–H groups in total. The lowest BCUT2D eigenvalue weighted by Gasteiger charge is -2.22. The summed E-state index contributed by atoms with van der Waals surface area (Å²) in [5.41, 5.74) is 1.32. The van der Waals surface area contributed by atoms with E-state index in [0.717, 1.165) is 19.3 Å². The maximum Gasteiger partial charge on any atom is 0.295 e. The third-order valence-corrected chi connectivity index (χ3v) is 5.15. The van der Waals surface area contributed by atoms with Gasteiger partial charge >= 0.3 is 0 Å². The number of amides is 1. The molecule has 4 rings (SSSR count). The van der Waals surface area contributed by atoms with Crippen molar-refractivity contribution in [2.45, 2.75) is 31.3 Å². The first-order valence-electron chi connectivity index (χ1n) is 9.43. The van der Waals surface area contributed by atoms with Crippen LogP contribution < -0.4 is 20.1 Å². The fourth-order valence-electron chi connectivity index (χ4n) is 3.74. The van der Waals surface area contributed by atoms with Crippen LogP contribution in [0.1, 0.15) is 29.6 Å². The van der Waals surface area contributed by atoms with Crippen molar-refractivity contribution in [2.24, 2.45) is 0 Å². The van der Waals surface area contributed by atoms with Crippen LogP contribution in [-0.2, 0) is 0 Å². The van der Waals surface area contributed by atoms with Crippen molar-refractivity contribution in [3.05, 3.63) is 47.8 Å². The number of oxazole rings is 1. The van der Waals surface area contributed by atoms with Gasteiger partial charge in [-0.3, -0.25) is 4.79 Å². The third-order valence-electron chi connectivity index (χ3n) is 5.15. The number of nitrogens with one attached hydrogen (secondary N) is 2. The van der Waals surface area contributed by atoms with E-state index in [1.807, 2.05) is 0 Å². The number of methoxy groups -OCH3 is 2. The summed E-state index contributed by atoms with van der Waals surface area (Å²) in [7, 11) is 3.03. The van der Waals surface area contributed by atoms with Gasteiger partial charge in [0.25, 0.3) is 11.9 Å². The van der Waals surface area contributed by atoms with Crippen LogP contribution in [0.15, 0.2) is 40.8 Å². The van der Waals surface area contributed by atoms with Gasteiger partial charge < -0.3 is 24.5 Å². The topological polar surface area (TPSA) is 85.6 Å². The lowest BCUT2D eigenvalue weighted by Crippen LogP contribution is -2.43. The van der Waals surface area contributed by atoms with Crippen molar-refractivity contribution >= 4 is 23.0 Å². The predicted molar refractivity (Wildman–Crippen MR) is 106 cm³/mol. The lowest BCUT2D eigenvalue weighted by molar-refractivity contribution is 0.0929. The van der Waals surface area contributed by atoms with Gasteiger partial charge in [0.05, 0.1) is 20.3 Å². The molecule has 0 radical (unpaired) electrons. The fourth-order valence-corrected chi connectivity index (χ4v) is 3.74. The van der Waals surface area contributed by atoms with Gasteiger partial charge in [-0.25, -0.2) is 4.39 Å². The minimum Gasteiger partial charge on any atom is -0.496 e. The second-order valence-corrected chi connectivity index (χ2v) is 6.93. The molecule has 7 nitrogen and oxygen atoms in total. The van der Waals surface area contributed by atoms with Gasteiger partial charge in [0.1, 0.15) is 28.4 Å². The molecule has 0 unspecified atom stereocenters. The van der Waals surface area contributed by atoms with Crippen molar-refractivity contribution in [1.29, 1.82) is 0 Å². The smallest absolute Gasteiger partial charge is 0.295 e. The highest BCUT2D eigenvalue weighted by Crippen LogP contribution is 2.30. The Labute approximate surface area is 167 Å². The fraction of sp³-hybridized carbons (Fsp3) is 0.333. The quantitative estimate of drug-likeness (QED) is 0.657. The highest BCUT2D eigenvalue weighted by Gasteiger charge is 2.31. The van der Waals surface area contributed by atoms with Crippen LogP contribution in [0, 0.1) is 5.82 Å². The molecule has 1 fully saturated rings. The monoisotopic (exact) mass is 399 g/mol. The van der Waals surface area contributed by atoms with Gasteiger partial charge in [0.15, 0.2) is 5.58 Å². The molecule has 1 saturated carbocycles. The average molecular weight is 399 g/mol. The predicted octanol–water partition coefficient (Wildman–Crippen LogP) is 3.75. The van der Waals surface area contributed by atoms with Gasteiger partial charge in [-0.2, -0.15) is 4.98 Å². The van der Waals surface area contributed by atoms with E-state index in [0.29, 0.717) is 34.2 Å². The van der Waals surface area contributed by atoms with Crippen LogP contribution in [0.4, 0.5) is 10.4 Å². The molecule has 152 valence electrons. The van der Waals surface area contributed by atoms with E-state index >= 15 is 0 Å². The second-order valence-electron chi connectivity index (χ2n) is 6.93. The Balaban J connectivity index is 1.51. The summed E-state index contributed by atoms with van der Waals surface area (Å²) in [5, 5.41) is 6.30. The van der Waals surface area contributed by atoms with Crippen molar-refractivity contribution < 1.29 is 23.1 Å². The van der Waals surface area contributed by atoms with Crippen LogP contribution in [0.2, 0.25) is 0 Å². The highest BCUT2D eigenvalue weighted by molar-refractivity contribution is 6.00. The number of hydrogen-bond acceptors (Lipinski definition) is 6. The number of aromatic nitrogens is 1. The van der Waals surface area contributed by atoms with E-state index in [2.05, 4.69) is 15.6 Å². The maximum atomic E-state index is 13.4. The van der Waals surface area contributed by atoms with Crippen LogP contribution in [-0.4, -0.2) is 37.2 Å². The molecule has 0 saturated heterocycles. The normalized spacial score (nSPS) is 18.6. The molecule has 2 aromatic carbocycles. The zero-order valence-corrected chi connectivity index (χ0v) is 16.2. The SMILES string of the molecule is COc1cccc(OC)c1C(=O)N[C@@H]1CCC[C@@H]1Nc1nc2cc(F)ccc2o1. The van der Waals surface area contributed by atoms with Gasteiger partial charge in [-0.15, -0.1) is 0 Å². The Hall–Kier alpha value is -3.29. The first-order chi connectivity index (χ1) is 14.1. The molecule has 1 amide bonds. The number of benzene rings is 2. The van der Waals surface area contributed by atoms with Crippen molar-refractivity contribution in [2.75, 3.05) is 19.5 Å². The molecule has 2 atom stereocenters. The van der Waals surface area contributed by atoms with Crippen molar-refractivity contribution in [3.63, 3.8) is 0 Å². The number of carbonyl (C=O) groups excluding carboxylic acids is 1.